The van der Waals surface area contributed by atoms with Crippen molar-refractivity contribution < 1.29 is 14.3 Å². The maximum Gasteiger partial charge on any atom is 0.257 e. The highest BCUT2D eigenvalue weighted by molar-refractivity contribution is 6.05. The molecule has 1 N–H and O–H groups in total. The number of fused-ring (bicyclic) bond motifs is 1. The van der Waals surface area contributed by atoms with Gasteiger partial charge in [-0.25, -0.2) is 9.97 Å². The summed E-state index contributed by atoms with van der Waals surface area (Å²) in [5.74, 6) is -0.356. The number of ether oxygens (including phenoxy) is 1. The molecule has 0 bridgehead atoms. The van der Waals surface area contributed by atoms with Crippen LogP contribution < -0.4 is 10.2 Å². The van der Waals surface area contributed by atoms with Gasteiger partial charge in [0.2, 0.25) is 5.91 Å². The van der Waals surface area contributed by atoms with E-state index in [-0.39, 0.29) is 11.8 Å². The molecule has 29 heavy (non-hydrogen) atoms. The molecule has 3 aromatic rings. The molecule has 2 amide bonds. The quantitative estimate of drug-likeness (QED) is 0.736. The van der Waals surface area contributed by atoms with Crippen molar-refractivity contribution >= 4 is 34.4 Å². The summed E-state index contributed by atoms with van der Waals surface area (Å²) >= 11 is 0. The summed E-state index contributed by atoms with van der Waals surface area (Å²) in [4.78, 5) is 34.7. The van der Waals surface area contributed by atoms with E-state index >= 15 is 0 Å². The van der Waals surface area contributed by atoms with Gasteiger partial charge in [0.1, 0.15) is 5.52 Å². The lowest BCUT2D eigenvalue weighted by Gasteiger charge is -2.23. The number of carbonyl (C=O) groups is 2. The Morgan fingerprint density at radius 2 is 2.00 bits per heavy atom. The van der Waals surface area contributed by atoms with Crippen LogP contribution in [0, 0.1) is 0 Å². The Morgan fingerprint density at radius 3 is 2.76 bits per heavy atom. The molecule has 0 radical (unpaired) electrons. The standard InChI is InChI=1S/C21H23N5O3/c1-14(27)25(2)18-5-3-4-16(11-18)24-21(28)15-10-19-20(22-12-15)26(13-23-19)17-6-8-29-9-7-17/h3-5,10-13,17H,6-9H2,1-2H3,(H,24,28). The number of nitrogens with one attached hydrogen (secondary N) is 1. The summed E-state index contributed by atoms with van der Waals surface area (Å²) in [7, 11) is 1.69. The van der Waals surface area contributed by atoms with Gasteiger partial charge in [-0.15, -0.1) is 0 Å². The molecule has 1 aromatic carbocycles. The Bertz CT molecular complexity index is 1060. The predicted octanol–water partition coefficient (Wildman–Crippen LogP) is 3.02. The molecular weight excluding hydrogens is 370 g/mol. The first-order chi connectivity index (χ1) is 14.0. The number of nitrogens with zero attached hydrogens (tertiary/aromatic N) is 4. The zero-order valence-electron chi connectivity index (χ0n) is 16.5. The summed E-state index contributed by atoms with van der Waals surface area (Å²) in [5.41, 5.74) is 3.21. The maximum atomic E-state index is 12.7. The second-order valence-corrected chi connectivity index (χ2v) is 7.14. The minimum atomic E-state index is -0.275. The van der Waals surface area contributed by atoms with Crippen molar-refractivity contribution in [2.75, 3.05) is 30.5 Å². The summed E-state index contributed by atoms with van der Waals surface area (Å²) in [6, 6.07) is 9.21. The van der Waals surface area contributed by atoms with Crippen molar-refractivity contribution in [3.05, 3.63) is 48.4 Å². The minimum absolute atomic E-state index is 0.0803. The molecule has 150 valence electrons. The van der Waals surface area contributed by atoms with Crippen LogP contribution in [0.2, 0.25) is 0 Å². The van der Waals surface area contributed by atoms with Crippen LogP contribution in [0.1, 0.15) is 36.2 Å². The highest BCUT2D eigenvalue weighted by Gasteiger charge is 2.19. The monoisotopic (exact) mass is 393 g/mol. The van der Waals surface area contributed by atoms with Gasteiger partial charge in [0.15, 0.2) is 5.65 Å². The molecule has 0 spiro atoms. The molecule has 1 saturated heterocycles. The number of pyridine rings is 1. The van der Waals surface area contributed by atoms with Crippen molar-refractivity contribution in [3.8, 4) is 0 Å². The molecule has 1 aliphatic rings. The fourth-order valence-corrected chi connectivity index (χ4v) is 3.45. The molecule has 1 aliphatic heterocycles. The minimum Gasteiger partial charge on any atom is -0.381 e. The first-order valence-electron chi connectivity index (χ1n) is 9.59. The Hall–Kier alpha value is -3.26. The van der Waals surface area contributed by atoms with E-state index in [0.717, 1.165) is 31.7 Å². The van der Waals surface area contributed by atoms with Gasteiger partial charge in [-0.05, 0) is 37.1 Å². The summed E-state index contributed by atoms with van der Waals surface area (Å²) in [5, 5.41) is 2.86. The van der Waals surface area contributed by atoms with Crippen LogP contribution in [0.3, 0.4) is 0 Å². The molecule has 0 unspecified atom stereocenters. The van der Waals surface area contributed by atoms with E-state index in [1.165, 1.54) is 11.8 Å². The van der Waals surface area contributed by atoms with Crippen molar-refractivity contribution in [3.63, 3.8) is 0 Å². The van der Waals surface area contributed by atoms with Gasteiger partial charge in [0, 0.05) is 50.8 Å². The predicted molar refractivity (Wildman–Crippen MR) is 110 cm³/mol. The third-order valence-electron chi connectivity index (χ3n) is 5.22. The molecule has 3 heterocycles. The van der Waals surface area contributed by atoms with E-state index in [0.29, 0.717) is 28.5 Å². The number of aromatic nitrogens is 3. The topological polar surface area (TPSA) is 89.4 Å². The smallest absolute Gasteiger partial charge is 0.257 e. The molecule has 0 atom stereocenters. The number of anilines is 2. The van der Waals surface area contributed by atoms with Crippen molar-refractivity contribution in [1.82, 2.24) is 14.5 Å². The average molecular weight is 393 g/mol. The summed E-state index contributed by atoms with van der Waals surface area (Å²) < 4.78 is 7.49. The van der Waals surface area contributed by atoms with E-state index in [9.17, 15) is 9.59 Å². The van der Waals surface area contributed by atoms with Gasteiger partial charge >= 0.3 is 0 Å². The van der Waals surface area contributed by atoms with E-state index in [1.54, 1.807) is 43.8 Å². The third-order valence-corrected chi connectivity index (χ3v) is 5.22. The number of benzene rings is 1. The van der Waals surface area contributed by atoms with E-state index in [2.05, 4.69) is 19.9 Å². The molecule has 0 aliphatic carbocycles. The zero-order chi connectivity index (χ0) is 20.4. The Morgan fingerprint density at radius 1 is 1.21 bits per heavy atom. The van der Waals surface area contributed by atoms with Crippen molar-refractivity contribution in [2.24, 2.45) is 0 Å². The van der Waals surface area contributed by atoms with Gasteiger partial charge in [0.25, 0.3) is 5.91 Å². The summed E-state index contributed by atoms with van der Waals surface area (Å²) in [6.45, 7) is 2.97. The first-order valence-corrected chi connectivity index (χ1v) is 9.59. The fraction of sp³-hybridized carbons (Fsp3) is 0.333. The number of amides is 2. The lowest BCUT2D eigenvalue weighted by atomic mass is 10.1. The van der Waals surface area contributed by atoms with Gasteiger partial charge in [-0.1, -0.05) is 6.07 Å². The number of carbonyl (C=O) groups excluding carboxylic acids is 2. The van der Waals surface area contributed by atoms with Crippen LogP contribution >= 0.6 is 0 Å². The fourth-order valence-electron chi connectivity index (χ4n) is 3.45. The maximum absolute atomic E-state index is 12.7. The van der Waals surface area contributed by atoms with Gasteiger partial charge in [0.05, 0.1) is 11.9 Å². The van der Waals surface area contributed by atoms with Crippen LogP contribution in [0.5, 0.6) is 0 Å². The number of rotatable bonds is 4. The van der Waals surface area contributed by atoms with Crippen molar-refractivity contribution in [1.29, 1.82) is 0 Å². The molecular formula is C21H23N5O3. The van der Waals surface area contributed by atoms with Crippen LogP contribution in [-0.2, 0) is 9.53 Å². The van der Waals surface area contributed by atoms with E-state index in [1.807, 2.05) is 6.07 Å². The van der Waals surface area contributed by atoms with Crippen LogP contribution in [-0.4, -0.2) is 46.6 Å². The zero-order valence-corrected chi connectivity index (χ0v) is 16.5. The SMILES string of the molecule is CC(=O)N(C)c1cccc(NC(=O)c2cnc3c(c2)ncn3C2CCOCC2)c1. The second-order valence-electron chi connectivity index (χ2n) is 7.14. The third kappa shape index (κ3) is 3.97. The van der Waals surface area contributed by atoms with Crippen LogP contribution in [0.25, 0.3) is 11.2 Å². The normalized spacial score (nSPS) is 14.7. The number of hydrogen-bond donors (Lipinski definition) is 1. The van der Waals surface area contributed by atoms with Gasteiger partial charge < -0.3 is 19.5 Å². The van der Waals surface area contributed by atoms with E-state index in [4.69, 9.17) is 4.74 Å². The highest BCUT2D eigenvalue weighted by atomic mass is 16.5. The Kier molecular flexibility index (Phi) is 5.26. The first kappa shape index (κ1) is 19.1. The highest BCUT2D eigenvalue weighted by Crippen LogP contribution is 2.25. The lowest BCUT2D eigenvalue weighted by Crippen LogP contribution is -2.23. The molecule has 4 rings (SSSR count). The van der Waals surface area contributed by atoms with Gasteiger partial charge in [-0.2, -0.15) is 0 Å². The summed E-state index contributed by atoms with van der Waals surface area (Å²) in [6.07, 6.45) is 5.22. The molecule has 8 nitrogen and oxygen atoms in total. The van der Waals surface area contributed by atoms with Crippen LogP contribution in [0.4, 0.5) is 11.4 Å². The van der Waals surface area contributed by atoms with Gasteiger partial charge in [-0.3, -0.25) is 9.59 Å². The van der Waals surface area contributed by atoms with Crippen LogP contribution in [0.15, 0.2) is 42.9 Å². The molecule has 1 fully saturated rings. The van der Waals surface area contributed by atoms with E-state index < -0.39 is 0 Å². The molecule has 2 aromatic heterocycles. The average Bonchev–Trinajstić information content (AvgIpc) is 3.17. The number of imidazole rings is 1. The largest absolute Gasteiger partial charge is 0.381 e. The molecule has 8 heteroatoms. The Balaban J connectivity index is 1.53. The second kappa shape index (κ2) is 8.00. The molecule has 0 saturated carbocycles. The number of hydrogen-bond acceptors (Lipinski definition) is 5. The Labute approximate surface area is 168 Å². The lowest BCUT2D eigenvalue weighted by molar-refractivity contribution is -0.116. The van der Waals surface area contributed by atoms with Crippen molar-refractivity contribution in [2.45, 2.75) is 25.8 Å².